The quantitative estimate of drug-likeness (QED) is 0.889. The van der Waals surface area contributed by atoms with Crippen LogP contribution in [0.4, 0.5) is 4.79 Å². The fourth-order valence-electron chi connectivity index (χ4n) is 2.92. The molecule has 0 spiro atoms. The van der Waals surface area contributed by atoms with Crippen LogP contribution in [0.1, 0.15) is 25.5 Å². The lowest BCUT2D eigenvalue weighted by Gasteiger charge is -2.31. The van der Waals surface area contributed by atoms with Gasteiger partial charge in [0.1, 0.15) is 30.1 Å². The van der Waals surface area contributed by atoms with E-state index in [1.807, 2.05) is 6.07 Å². The summed E-state index contributed by atoms with van der Waals surface area (Å²) in [4.78, 5) is 12.9. The van der Waals surface area contributed by atoms with Crippen LogP contribution in [0.3, 0.4) is 0 Å². The number of ether oxygens (including phenoxy) is 2. The Bertz CT molecular complexity index is 742. The molecule has 23 heavy (non-hydrogen) atoms. The van der Waals surface area contributed by atoms with Crippen molar-refractivity contribution in [1.82, 2.24) is 9.89 Å². The number of methoxy groups -OCH3 is 1. The number of nitrogens with zero attached hydrogens (tertiary/aromatic N) is 3. The van der Waals surface area contributed by atoms with Gasteiger partial charge in [0.15, 0.2) is 0 Å². The maximum atomic E-state index is 11.6. The minimum Gasteiger partial charge on any atom is -0.490 e. The zero-order valence-electron chi connectivity index (χ0n) is 13.1. The maximum Gasteiger partial charge on any atom is 0.428 e. The van der Waals surface area contributed by atoms with Crippen LogP contribution < -0.4 is 9.75 Å². The standard InChI is InChI=1S/C15H19N3O5/c1-8(2)17(15(20)21)18-13-9(6-16-18)4-5-11-12(13)14(22-3)10(19)7-23-11/h4-6,8,10,14,19H,7H2,1-3H3,(H,20,21). The predicted molar refractivity (Wildman–Crippen MR) is 82.4 cm³/mol. The first-order chi connectivity index (χ1) is 11.0. The Kier molecular flexibility index (Phi) is 3.87. The van der Waals surface area contributed by atoms with Crippen LogP contribution in [0.5, 0.6) is 5.75 Å². The molecule has 1 amide bonds. The van der Waals surface area contributed by atoms with E-state index in [0.717, 1.165) is 10.4 Å². The molecular weight excluding hydrogens is 302 g/mol. The molecule has 0 fully saturated rings. The van der Waals surface area contributed by atoms with Crippen molar-refractivity contribution >= 4 is 17.0 Å². The zero-order chi connectivity index (χ0) is 16.7. The summed E-state index contributed by atoms with van der Waals surface area (Å²) in [5.41, 5.74) is 1.16. The number of amides is 1. The van der Waals surface area contributed by atoms with E-state index in [9.17, 15) is 15.0 Å². The maximum absolute atomic E-state index is 11.6. The number of aromatic nitrogens is 2. The Labute approximate surface area is 132 Å². The highest BCUT2D eigenvalue weighted by Gasteiger charge is 2.34. The highest BCUT2D eigenvalue weighted by atomic mass is 16.5. The summed E-state index contributed by atoms with van der Waals surface area (Å²) in [6, 6.07) is 3.27. The number of carbonyl (C=O) groups is 1. The number of fused-ring (bicyclic) bond motifs is 3. The van der Waals surface area contributed by atoms with E-state index in [2.05, 4.69) is 5.10 Å². The fraction of sp³-hybridized carbons (Fsp3) is 0.467. The van der Waals surface area contributed by atoms with Gasteiger partial charge < -0.3 is 19.7 Å². The van der Waals surface area contributed by atoms with Gasteiger partial charge >= 0.3 is 6.09 Å². The van der Waals surface area contributed by atoms with E-state index < -0.39 is 18.3 Å². The summed E-state index contributed by atoms with van der Waals surface area (Å²) in [5, 5.41) is 25.7. The van der Waals surface area contributed by atoms with Gasteiger partial charge in [-0.2, -0.15) is 14.9 Å². The second-order valence-electron chi connectivity index (χ2n) is 5.70. The molecule has 0 radical (unpaired) electrons. The molecule has 3 rings (SSSR count). The molecule has 0 saturated heterocycles. The van der Waals surface area contributed by atoms with Crippen LogP contribution in [0.15, 0.2) is 18.3 Å². The van der Waals surface area contributed by atoms with Gasteiger partial charge in [-0.05, 0) is 26.0 Å². The molecule has 2 atom stereocenters. The van der Waals surface area contributed by atoms with Crippen molar-refractivity contribution in [3.8, 4) is 5.75 Å². The molecule has 8 heteroatoms. The number of hydrogen-bond donors (Lipinski definition) is 2. The molecule has 1 aromatic heterocycles. The van der Waals surface area contributed by atoms with Crippen molar-refractivity contribution in [2.45, 2.75) is 32.1 Å². The van der Waals surface area contributed by atoms with E-state index in [-0.39, 0.29) is 12.6 Å². The highest BCUT2D eigenvalue weighted by molar-refractivity contribution is 5.88. The molecule has 0 aliphatic carbocycles. The average Bonchev–Trinajstić information content (AvgIpc) is 2.90. The van der Waals surface area contributed by atoms with Crippen LogP contribution in [0.25, 0.3) is 10.9 Å². The number of aliphatic hydroxyl groups is 1. The molecular formula is C15H19N3O5. The molecule has 2 N–H and O–H groups in total. The lowest BCUT2D eigenvalue weighted by atomic mass is 9.98. The smallest absolute Gasteiger partial charge is 0.428 e. The third-order valence-corrected chi connectivity index (χ3v) is 3.90. The van der Waals surface area contributed by atoms with Crippen molar-refractivity contribution in [2.75, 3.05) is 18.7 Å². The van der Waals surface area contributed by atoms with Gasteiger partial charge in [0, 0.05) is 12.5 Å². The van der Waals surface area contributed by atoms with Crippen molar-refractivity contribution in [1.29, 1.82) is 0 Å². The van der Waals surface area contributed by atoms with Crippen molar-refractivity contribution in [2.24, 2.45) is 0 Å². The molecule has 0 bridgehead atoms. The van der Waals surface area contributed by atoms with Gasteiger partial charge in [-0.25, -0.2) is 4.79 Å². The predicted octanol–water partition coefficient (Wildman–Crippen LogP) is 1.50. The minimum atomic E-state index is -1.12. The zero-order valence-corrected chi connectivity index (χ0v) is 13.1. The van der Waals surface area contributed by atoms with Crippen LogP contribution >= 0.6 is 0 Å². The van der Waals surface area contributed by atoms with E-state index >= 15 is 0 Å². The van der Waals surface area contributed by atoms with Gasteiger partial charge in [0.25, 0.3) is 0 Å². The summed E-state index contributed by atoms with van der Waals surface area (Å²) < 4.78 is 11.0. The summed E-state index contributed by atoms with van der Waals surface area (Å²) >= 11 is 0. The normalized spacial score (nSPS) is 20.4. The van der Waals surface area contributed by atoms with E-state index in [1.165, 1.54) is 11.9 Å². The number of rotatable bonds is 3. The van der Waals surface area contributed by atoms with Gasteiger partial charge in [-0.1, -0.05) is 0 Å². The Balaban J connectivity index is 2.28. The Morgan fingerprint density at radius 2 is 2.26 bits per heavy atom. The molecule has 2 unspecified atom stereocenters. The molecule has 1 aliphatic rings. The SMILES string of the molecule is COC1c2c(ccc3cnn(N(C(=O)O)C(C)C)c23)OCC1O. The molecule has 0 saturated carbocycles. The number of aliphatic hydroxyl groups excluding tert-OH is 1. The van der Waals surface area contributed by atoms with Crippen molar-refractivity contribution in [3.05, 3.63) is 23.9 Å². The highest BCUT2D eigenvalue weighted by Crippen LogP contribution is 2.39. The minimum absolute atomic E-state index is 0.123. The third-order valence-electron chi connectivity index (χ3n) is 3.90. The van der Waals surface area contributed by atoms with Gasteiger partial charge in [-0.15, -0.1) is 0 Å². The molecule has 1 aromatic carbocycles. The Morgan fingerprint density at radius 3 is 2.87 bits per heavy atom. The van der Waals surface area contributed by atoms with E-state index in [0.29, 0.717) is 16.8 Å². The van der Waals surface area contributed by atoms with Gasteiger partial charge in [-0.3, -0.25) is 0 Å². The van der Waals surface area contributed by atoms with Crippen LogP contribution in [-0.4, -0.2) is 52.1 Å². The first-order valence-electron chi connectivity index (χ1n) is 7.32. The lowest BCUT2D eigenvalue weighted by molar-refractivity contribution is -0.0482. The molecule has 8 nitrogen and oxygen atoms in total. The summed E-state index contributed by atoms with van der Waals surface area (Å²) in [7, 11) is 1.50. The summed E-state index contributed by atoms with van der Waals surface area (Å²) in [5.74, 6) is 0.561. The number of benzene rings is 1. The third kappa shape index (κ3) is 2.40. The first-order valence-corrected chi connectivity index (χ1v) is 7.32. The lowest BCUT2D eigenvalue weighted by Crippen LogP contribution is -2.45. The van der Waals surface area contributed by atoms with Gasteiger partial charge in [0.05, 0.1) is 17.8 Å². The Hall–Kier alpha value is -2.32. The van der Waals surface area contributed by atoms with Crippen LogP contribution in [-0.2, 0) is 4.74 Å². The Morgan fingerprint density at radius 1 is 1.52 bits per heavy atom. The number of carboxylic acid groups (broad SMARTS) is 1. The van der Waals surface area contributed by atoms with E-state index in [1.54, 1.807) is 26.1 Å². The summed E-state index contributed by atoms with van der Waals surface area (Å²) in [6.45, 7) is 3.64. The fourth-order valence-corrected chi connectivity index (χ4v) is 2.92. The molecule has 2 aromatic rings. The van der Waals surface area contributed by atoms with Gasteiger partial charge in [0.2, 0.25) is 0 Å². The molecule has 2 heterocycles. The van der Waals surface area contributed by atoms with Crippen molar-refractivity contribution < 1.29 is 24.5 Å². The van der Waals surface area contributed by atoms with Crippen LogP contribution in [0, 0.1) is 0 Å². The summed E-state index contributed by atoms with van der Waals surface area (Å²) in [6.07, 6.45) is -0.977. The van der Waals surface area contributed by atoms with E-state index in [4.69, 9.17) is 9.47 Å². The van der Waals surface area contributed by atoms with Crippen LogP contribution in [0.2, 0.25) is 0 Å². The first kappa shape index (κ1) is 15.6. The molecule has 1 aliphatic heterocycles. The monoisotopic (exact) mass is 321 g/mol. The van der Waals surface area contributed by atoms with Crippen molar-refractivity contribution in [3.63, 3.8) is 0 Å². The molecule has 124 valence electrons. The second-order valence-corrected chi connectivity index (χ2v) is 5.70. The second kappa shape index (κ2) is 5.71. The largest absolute Gasteiger partial charge is 0.490 e. The average molecular weight is 321 g/mol. The topological polar surface area (TPSA) is 97.1 Å². The number of hydrogen-bond acceptors (Lipinski definition) is 5.